The minimum Gasteiger partial charge on any atom is -0.439 e. The van der Waals surface area contributed by atoms with E-state index in [1.807, 2.05) is 20.8 Å². The first kappa shape index (κ1) is 21.9. The van der Waals surface area contributed by atoms with E-state index in [2.05, 4.69) is 30.9 Å². The number of aromatic nitrogens is 5. The quantitative estimate of drug-likeness (QED) is 0.450. The Morgan fingerprint density at radius 1 is 1.18 bits per heavy atom. The first-order chi connectivity index (χ1) is 15.7. The van der Waals surface area contributed by atoms with E-state index >= 15 is 0 Å². The molecule has 170 valence electrons. The van der Waals surface area contributed by atoms with Crippen LogP contribution >= 0.6 is 0 Å². The second-order valence-corrected chi connectivity index (χ2v) is 8.24. The van der Waals surface area contributed by atoms with Crippen molar-refractivity contribution in [2.75, 3.05) is 10.6 Å². The molecule has 11 heteroatoms. The number of anilines is 2. The van der Waals surface area contributed by atoms with E-state index in [0.717, 1.165) is 11.8 Å². The minimum atomic E-state index is -0.670. The number of carbonyl (C=O) groups excluding carboxylic acids is 1. The van der Waals surface area contributed by atoms with Gasteiger partial charge in [-0.25, -0.2) is 14.2 Å². The standard InChI is InChI=1S/C22H22FN7O3/c1-22(2,3)17-10-18(30(4)29-17)27-21(31)26-16-6-5-14(9-15(16)23)33-19-7-8-24-20(28-19)13-11-25-32-12-13/h5-12H,1-4H3,(H2,26,27,31). The zero-order valence-electron chi connectivity index (χ0n) is 18.5. The molecule has 0 atom stereocenters. The molecule has 3 aromatic heterocycles. The molecule has 0 saturated carbocycles. The Kier molecular flexibility index (Phi) is 5.78. The fraction of sp³-hybridized carbons (Fsp3) is 0.227. The number of hydrogen-bond donors (Lipinski definition) is 2. The van der Waals surface area contributed by atoms with Crippen LogP contribution in [0.2, 0.25) is 0 Å². The lowest BCUT2D eigenvalue weighted by molar-refractivity contribution is 0.262. The number of aryl methyl sites for hydroxylation is 1. The highest BCUT2D eigenvalue weighted by Crippen LogP contribution is 2.27. The Morgan fingerprint density at radius 3 is 2.67 bits per heavy atom. The molecule has 0 saturated heterocycles. The van der Waals surface area contributed by atoms with Crippen molar-refractivity contribution in [3.05, 3.63) is 60.5 Å². The largest absolute Gasteiger partial charge is 0.439 e. The van der Waals surface area contributed by atoms with Gasteiger partial charge in [0.05, 0.1) is 23.1 Å². The van der Waals surface area contributed by atoms with Crippen molar-refractivity contribution in [2.45, 2.75) is 26.2 Å². The molecule has 0 aliphatic carbocycles. The van der Waals surface area contributed by atoms with Gasteiger partial charge in [0.2, 0.25) is 5.88 Å². The van der Waals surface area contributed by atoms with Crippen LogP contribution in [-0.2, 0) is 12.5 Å². The van der Waals surface area contributed by atoms with Gasteiger partial charge in [-0.15, -0.1) is 0 Å². The van der Waals surface area contributed by atoms with Crippen LogP contribution in [0.4, 0.5) is 20.7 Å². The summed E-state index contributed by atoms with van der Waals surface area (Å²) < 4.78 is 26.6. The molecule has 0 aliphatic heterocycles. The first-order valence-corrected chi connectivity index (χ1v) is 10.0. The lowest BCUT2D eigenvalue weighted by atomic mass is 9.92. The van der Waals surface area contributed by atoms with E-state index in [-0.39, 0.29) is 22.7 Å². The highest BCUT2D eigenvalue weighted by atomic mass is 19.1. The number of urea groups is 1. The van der Waals surface area contributed by atoms with E-state index in [4.69, 9.17) is 9.26 Å². The van der Waals surface area contributed by atoms with Crippen LogP contribution in [0, 0.1) is 5.82 Å². The zero-order valence-corrected chi connectivity index (χ0v) is 18.5. The molecule has 1 aromatic carbocycles. The molecule has 0 spiro atoms. The molecule has 2 amide bonds. The topological polar surface area (TPSA) is 120 Å². The van der Waals surface area contributed by atoms with E-state index in [1.165, 1.54) is 36.9 Å². The second-order valence-electron chi connectivity index (χ2n) is 8.24. The van der Waals surface area contributed by atoms with Gasteiger partial charge in [-0.1, -0.05) is 25.9 Å². The highest BCUT2D eigenvalue weighted by molar-refractivity contribution is 5.99. The Morgan fingerprint density at radius 2 is 2.00 bits per heavy atom. The Balaban J connectivity index is 1.42. The summed E-state index contributed by atoms with van der Waals surface area (Å²) in [6.07, 6.45) is 4.38. The van der Waals surface area contributed by atoms with Crippen molar-refractivity contribution in [2.24, 2.45) is 7.05 Å². The van der Waals surface area contributed by atoms with Crippen LogP contribution in [0.3, 0.4) is 0 Å². The maximum atomic E-state index is 14.6. The van der Waals surface area contributed by atoms with Gasteiger partial charge in [0.25, 0.3) is 0 Å². The number of nitrogens with one attached hydrogen (secondary N) is 2. The van der Waals surface area contributed by atoms with Crippen LogP contribution in [0.25, 0.3) is 11.4 Å². The summed E-state index contributed by atoms with van der Waals surface area (Å²) >= 11 is 0. The summed E-state index contributed by atoms with van der Waals surface area (Å²) in [7, 11) is 1.72. The summed E-state index contributed by atoms with van der Waals surface area (Å²) in [5, 5.41) is 13.2. The van der Waals surface area contributed by atoms with Gasteiger partial charge < -0.3 is 14.6 Å². The summed E-state index contributed by atoms with van der Waals surface area (Å²) in [4.78, 5) is 20.7. The molecular weight excluding hydrogens is 429 g/mol. The molecule has 33 heavy (non-hydrogen) atoms. The molecular formula is C22H22FN7O3. The van der Waals surface area contributed by atoms with Gasteiger partial charge >= 0.3 is 6.03 Å². The Bertz CT molecular complexity index is 1280. The summed E-state index contributed by atoms with van der Waals surface area (Å²) in [5.41, 5.74) is 1.23. The summed E-state index contributed by atoms with van der Waals surface area (Å²) in [6, 6.07) is 6.79. The molecule has 2 N–H and O–H groups in total. The van der Waals surface area contributed by atoms with Gasteiger partial charge in [-0.05, 0) is 12.1 Å². The fourth-order valence-electron chi connectivity index (χ4n) is 2.86. The number of rotatable bonds is 5. The van der Waals surface area contributed by atoms with Crippen molar-refractivity contribution in [1.29, 1.82) is 0 Å². The number of benzene rings is 1. The molecule has 0 bridgehead atoms. The van der Waals surface area contributed by atoms with Gasteiger partial charge in [-0.3, -0.25) is 10.00 Å². The normalized spacial score (nSPS) is 11.3. The number of halogens is 1. The number of amides is 2. The van der Waals surface area contributed by atoms with Crippen LogP contribution in [0.5, 0.6) is 11.6 Å². The fourth-order valence-corrected chi connectivity index (χ4v) is 2.86. The van der Waals surface area contributed by atoms with Gasteiger partial charge in [0.1, 0.15) is 23.6 Å². The third kappa shape index (κ3) is 5.14. The molecule has 0 unspecified atom stereocenters. The van der Waals surface area contributed by atoms with Crippen molar-refractivity contribution >= 4 is 17.5 Å². The number of hydrogen-bond acceptors (Lipinski definition) is 7. The van der Waals surface area contributed by atoms with Crippen LogP contribution in [-0.4, -0.2) is 30.9 Å². The van der Waals surface area contributed by atoms with E-state index in [1.54, 1.807) is 17.8 Å². The van der Waals surface area contributed by atoms with Crippen molar-refractivity contribution < 1.29 is 18.4 Å². The first-order valence-electron chi connectivity index (χ1n) is 10.0. The number of ether oxygens (including phenoxy) is 1. The van der Waals surface area contributed by atoms with Crippen LogP contribution in [0.1, 0.15) is 26.5 Å². The molecule has 0 fully saturated rings. The van der Waals surface area contributed by atoms with E-state index < -0.39 is 11.8 Å². The minimum absolute atomic E-state index is 0.00842. The zero-order chi connectivity index (χ0) is 23.6. The SMILES string of the molecule is Cn1nc(C(C)(C)C)cc1NC(=O)Nc1ccc(Oc2ccnc(-c3cnoc3)n2)cc1F. The average Bonchev–Trinajstić information content (AvgIpc) is 3.41. The number of nitrogens with zero attached hydrogens (tertiary/aromatic N) is 5. The molecule has 10 nitrogen and oxygen atoms in total. The van der Waals surface area contributed by atoms with Crippen LogP contribution < -0.4 is 15.4 Å². The van der Waals surface area contributed by atoms with Crippen molar-refractivity contribution in [1.82, 2.24) is 24.9 Å². The smallest absolute Gasteiger partial charge is 0.324 e. The Labute approximate surface area is 188 Å². The lowest BCUT2D eigenvalue weighted by Gasteiger charge is -2.13. The summed E-state index contributed by atoms with van der Waals surface area (Å²) in [6.45, 7) is 6.07. The van der Waals surface area contributed by atoms with Gasteiger partial charge in [-0.2, -0.15) is 10.1 Å². The van der Waals surface area contributed by atoms with E-state index in [9.17, 15) is 9.18 Å². The predicted molar refractivity (Wildman–Crippen MR) is 119 cm³/mol. The number of carbonyl (C=O) groups is 1. The third-order valence-electron chi connectivity index (χ3n) is 4.62. The molecule has 3 heterocycles. The monoisotopic (exact) mass is 451 g/mol. The third-order valence-corrected chi connectivity index (χ3v) is 4.62. The molecule has 4 rings (SSSR count). The molecule has 0 aliphatic rings. The van der Waals surface area contributed by atoms with Crippen LogP contribution in [0.15, 0.2) is 53.5 Å². The predicted octanol–water partition coefficient (Wildman–Crippen LogP) is 4.74. The van der Waals surface area contributed by atoms with Gasteiger partial charge in [0, 0.05) is 36.9 Å². The highest BCUT2D eigenvalue weighted by Gasteiger charge is 2.20. The second kappa shape index (κ2) is 8.69. The maximum Gasteiger partial charge on any atom is 0.324 e. The molecule has 0 radical (unpaired) electrons. The van der Waals surface area contributed by atoms with Crippen molar-refractivity contribution in [3.63, 3.8) is 0 Å². The molecule has 4 aromatic rings. The van der Waals surface area contributed by atoms with Gasteiger partial charge in [0.15, 0.2) is 5.82 Å². The summed E-state index contributed by atoms with van der Waals surface area (Å²) in [5.74, 6) is 0.593. The average molecular weight is 451 g/mol. The maximum absolute atomic E-state index is 14.6. The lowest BCUT2D eigenvalue weighted by Crippen LogP contribution is -2.21. The van der Waals surface area contributed by atoms with E-state index in [0.29, 0.717) is 17.2 Å². The van der Waals surface area contributed by atoms with Crippen molar-refractivity contribution in [3.8, 4) is 23.0 Å². The Hall–Kier alpha value is -4.28.